The summed E-state index contributed by atoms with van der Waals surface area (Å²) in [6, 6.07) is 7.13. The molecule has 1 fully saturated rings. The van der Waals surface area contributed by atoms with Crippen molar-refractivity contribution < 1.29 is 8.42 Å². The Morgan fingerprint density at radius 3 is 2.25 bits per heavy atom. The van der Waals surface area contributed by atoms with Crippen molar-refractivity contribution in [3.8, 4) is 0 Å². The van der Waals surface area contributed by atoms with Gasteiger partial charge in [-0.25, -0.2) is 8.42 Å². The van der Waals surface area contributed by atoms with Crippen molar-refractivity contribution >= 4 is 10.0 Å². The van der Waals surface area contributed by atoms with Crippen LogP contribution in [0.2, 0.25) is 0 Å². The van der Waals surface area contributed by atoms with Gasteiger partial charge in [-0.15, -0.1) is 0 Å². The maximum Gasteiger partial charge on any atom is 0.243 e. The first-order chi connectivity index (χ1) is 9.30. The van der Waals surface area contributed by atoms with Gasteiger partial charge in [-0.1, -0.05) is 36.8 Å². The third-order valence-corrected chi connectivity index (χ3v) is 7.18. The molecule has 4 heteroatoms. The van der Waals surface area contributed by atoms with E-state index in [1.165, 1.54) is 0 Å². The number of benzene rings is 1. The number of rotatable bonds is 2. The molecular formula is C16H21NO2S. The van der Waals surface area contributed by atoms with Crippen molar-refractivity contribution in [1.82, 2.24) is 4.31 Å². The van der Waals surface area contributed by atoms with Crippen molar-refractivity contribution in [2.45, 2.75) is 44.0 Å². The third-order valence-electron chi connectivity index (χ3n) is 5.20. The molecule has 0 spiro atoms. The van der Waals surface area contributed by atoms with E-state index in [9.17, 15) is 8.42 Å². The van der Waals surface area contributed by atoms with Gasteiger partial charge in [-0.2, -0.15) is 4.31 Å². The minimum Gasteiger partial charge on any atom is -0.207 e. The zero-order valence-corrected chi connectivity index (χ0v) is 13.1. The van der Waals surface area contributed by atoms with Crippen LogP contribution in [-0.4, -0.2) is 24.8 Å². The van der Waals surface area contributed by atoms with Crippen LogP contribution in [0.25, 0.3) is 0 Å². The lowest BCUT2D eigenvalue weighted by atomic mass is 9.59. The van der Waals surface area contributed by atoms with E-state index in [0.717, 1.165) is 18.4 Å². The van der Waals surface area contributed by atoms with E-state index in [1.54, 1.807) is 16.4 Å². The summed E-state index contributed by atoms with van der Waals surface area (Å²) in [6.45, 7) is 6.85. The molecule has 1 aliphatic carbocycles. The summed E-state index contributed by atoms with van der Waals surface area (Å²) in [5.41, 5.74) is 0.856. The Morgan fingerprint density at radius 2 is 1.65 bits per heavy atom. The Morgan fingerprint density at radius 1 is 1.05 bits per heavy atom. The van der Waals surface area contributed by atoms with Crippen molar-refractivity contribution in [2.24, 2.45) is 5.41 Å². The molecule has 2 atom stereocenters. The van der Waals surface area contributed by atoms with Gasteiger partial charge in [0.25, 0.3) is 0 Å². The molecule has 1 aromatic rings. The van der Waals surface area contributed by atoms with E-state index in [1.807, 2.05) is 19.1 Å². The van der Waals surface area contributed by atoms with Gasteiger partial charge in [0.2, 0.25) is 10.0 Å². The van der Waals surface area contributed by atoms with Gasteiger partial charge in [0, 0.05) is 17.5 Å². The molecule has 0 aromatic heterocycles. The van der Waals surface area contributed by atoms with E-state index in [-0.39, 0.29) is 11.0 Å². The summed E-state index contributed by atoms with van der Waals surface area (Å²) in [6.07, 6.45) is 6.05. The predicted molar refractivity (Wildman–Crippen MR) is 80.0 cm³/mol. The van der Waals surface area contributed by atoms with E-state index in [4.69, 9.17) is 0 Å². The lowest BCUT2D eigenvalue weighted by molar-refractivity contribution is -0.0807. The molecule has 0 saturated carbocycles. The van der Waals surface area contributed by atoms with Crippen molar-refractivity contribution in [3.05, 3.63) is 42.0 Å². The minimum absolute atomic E-state index is 0.0690. The molecule has 20 heavy (non-hydrogen) atoms. The van der Waals surface area contributed by atoms with Gasteiger partial charge < -0.3 is 0 Å². The average molecular weight is 291 g/mol. The monoisotopic (exact) mass is 291 g/mol. The first kappa shape index (κ1) is 13.8. The van der Waals surface area contributed by atoms with E-state index in [2.05, 4.69) is 26.0 Å². The zero-order chi connectivity index (χ0) is 14.6. The fourth-order valence-electron chi connectivity index (χ4n) is 3.35. The maximum absolute atomic E-state index is 12.8. The Balaban J connectivity index is 1.98. The molecule has 2 aliphatic rings. The average Bonchev–Trinajstić information content (AvgIpc) is 2.39. The van der Waals surface area contributed by atoms with Crippen molar-refractivity contribution in [3.63, 3.8) is 0 Å². The number of aryl methyl sites for hydroxylation is 1. The smallest absolute Gasteiger partial charge is 0.207 e. The molecule has 1 saturated heterocycles. The van der Waals surface area contributed by atoms with Crippen LogP contribution >= 0.6 is 0 Å². The molecule has 3 rings (SSSR count). The van der Waals surface area contributed by atoms with Gasteiger partial charge >= 0.3 is 0 Å². The quantitative estimate of drug-likeness (QED) is 0.785. The van der Waals surface area contributed by atoms with Gasteiger partial charge in [0.1, 0.15) is 0 Å². The van der Waals surface area contributed by atoms with Gasteiger partial charge in [-0.05, 0) is 38.8 Å². The molecule has 0 bridgehead atoms. The van der Waals surface area contributed by atoms with Crippen molar-refractivity contribution in [2.75, 3.05) is 6.54 Å². The molecular weight excluding hydrogens is 270 g/mol. The van der Waals surface area contributed by atoms with Crippen LogP contribution in [0.15, 0.2) is 41.3 Å². The Bertz CT molecular complexity index is 662. The number of nitrogens with zero attached hydrogens (tertiary/aromatic N) is 1. The summed E-state index contributed by atoms with van der Waals surface area (Å²) in [5.74, 6) is 0. The summed E-state index contributed by atoms with van der Waals surface area (Å²) in [7, 11) is -3.39. The molecule has 1 aliphatic heterocycles. The number of sulfonamides is 1. The van der Waals surface area contributed by atoms with Crippen LogP contribution in [-0.2, 0) is 10.0 Å². The normalized spacial score (nSPS) is 33.5. The molecule has 2 unspecified atom stereocenters. The Hall–Kier alpha value is -1.13. The maximum atomic E-state index is 12.8. The van der Waals surface area contributed by atoms with E-state index in [0.29, 0.717) is 11.4 Å². The molecule has 0 amide bonds. The minimum atomic E-state index is -3.39. The molecule has 1 aromatic carbocycles. The summed E-state index contributed by atoms with van der Waals surface area (Å²) >= 11 is 0. The lowest BCUT2D eigenvalue weighted by Crippen LogP contribution is -2.73. The van der Waals surface area contributed by atoms with Crippen LogP contribution in [0, 0.1) is 12.3 Å². The number of hydrogen-bond acceptors (Lipinski definition) is 2. The number of hydrogen-bond donors (Lipinski definition) is 0. The number of allylic oxidation sites excluding steroid dienone is 1. The predicted octanol–water partition coefficient (Wildman–Crippen LogP) is 3.11. The summed E-state index contributed by atoms with van der Waals surface area (Å²) < 4.78 is 27.3. The van der Waals surface area contributed by atoms with Gasteiger partial charge in [0.15, 0.2) is 0 Å². The van der Waals surface area contributed by atoms with Gasteiger partial charge in [-0.3, -0.25) is 0 Å². The molecule has 0 N–H and O–H groups in total. The van der Waals surface area contributed by atoms with E-state index >= 15 is 0 Å². The topological polar surface area (TPSA) is 37.4 Å². The first-order valence-electron chi connectivity index (χ1n) is 7.04. The Kier molecular flexibility index (Phi) is 2.89. The highest BCUT2D eigenvalue weighted by atomic mass is 32.2. The second-order valence-corrected chi connectivity index (χ2v) is 8.40. The standard InChI is InChI=1S/C16H21NO2S/c1-13-6-8-14(9-7-13)20(18,19)17-12-15(2)10-4-5-11-16(15,17)3/h4-9H,10-12H2,1-3H3. The second-order valence-electron chi connectivity index (χ2n) is 6.54. The highest BCUT2D eigenvalue weighted by Crippen LogP contribution is 2.55. The third kappa shape index (κ3) is 1.71. The Labute approximate surface area is 121 Å². The molecule has 0 radical (unpaired) electrons. The van der Waals surface area contributed by atoms with Crippen LogP contribution in [0.4, 0.5) is 0 Å². The van der Waals surface area contributed by atoms with Crippen LogP contribution in [0.1, 0.15) is 32.3 Å². The van der Waals surface area contributed by atoms with E-state index < -0.39 is 10.0 Å². The number of fused-ring (bicyclic) bond motifs is 1. The van der Waals surface area contributed by atoms with Crippen LogP contribution < -0.4 is 0 Å². The largest absolute Gasteiger partial charge is 0.243 e. The zero-order valence-electron chi connectivity index (χ0n) is 12.3. The fourth-order valence-corrected chi connectivity index (χ4v) is 5.36. The fraction of sp³-hybridized carbons (Fsp3) is 0.500. The SMILES string of the molecule is Cc1ccc(S(=O)(=O)N2CC3(C)CC=CCC23C)cc1. The van der Waals surface area contributed by atoms with Crippen LogP contribution in [0.5, 0.6) is 0 Å². The van der Waals surface area contributed by atoms with Crippen LogP contribution in [0.3, 0.4) is 0 Å². The molecule has 1 heterocycles. The van der Waals surface area contributed by atoms with Crippen molar-refractivity contribution in [1.29, 1.82) is 0 Å². The lowest BCUT2D eigenvalue weighted by Gasteiger charge is -2.64. The molecule has 3 nitrogen and oxygen atoms in total. The highest BCUT2D eigenvalue weighted by Gasteiger charge is 2.62. The highest BCUT2D eigenvalue weighted by molar-refractivity contribution is 7.89. The first-order valence-corrected chi connectivity index (χ1v) is 8.48. The summed E-state index contributed by atoms with van der Waals surface area (Å²) in [4.78, 5) is 0.404. The molecule has 108 valence electrons. The summed E-state index contributed by atoms with van der Waals surface area (Å²) in [5, 5.41) is 0. The second kappa shape index (κ2) is 4.18. The van der Waals surface area contributed by atoms with Gasteiger partial charge in [0.05, 0.1) is 4.90 Å².